The average molecular weight is 347 g/mol. The third kappa shape index (κ3) is 3.87. The predicted octanol–water partition coefficient (Wildman–Crippen LogP) is 2.38. The fraction of sp³-hybridized carbons (Fsp3) is 0.857. The Labute approximate surface area is 128 Å². The Morgan fingerprint density at radius 3 is 2.70 bits per heavy atom. The summed E-state index contributed by atoms with van der Waals surface area (Å²) in [4.78, 5) is 27.9. The zero-order chi connectivity index (χ0) is 14.9. The van der Waals surface area contributed by atoms with Gasteiger partial charge < -0.3 is 14.5 Å². The third-order valence-corrected chi connectivity index (χ3v) is 4.22. The van der Waals surface area contributed by atoms with E-state index < -0.39 is 5.60 Å². The summed E-state index contributed by atoms with van der Waals surface area (Å²) in [6, 6.07) is 0.0894. The van der Waals surface area contributed by atoms with Gasteiger partial charge in [-0.1, -0.05) is 15.9 Å². The number of alkyl halides is 1. The lowest BCUT2D eigenvalue weighted by Crippen LogP contribution is -2.45. The van der Waals surface area contributed by atoms with E-state index in [0.29, 0.717) is 13.0 Å². The predicted molar refractivity (Wildman–Crippen MR) is 79.9 cm³/mol. The first-order valence-corrected chi connectivity index (χ1v) is 8.09. The van der Waals surface area contributed by atoms with E-state index in [-0.39, 0.29) is 22.9 Å². The van der Waals surface area contributed by atoms with Gasteiger partial charge in [0.1, 0.15) is 5.60 Å². The number of halogens is 1. The minimum absolute atomic E-state index is 0.0894. The first-order chi connectivity index (χ1) is 9.26. The van der Waals surface area contributed by atoms with E-state index in [9.17, 15) is 9.59 Å². The first-order valence-electron chi connectivity index (χ1n) is 7.18. The zero-order valence-electron chi connectivity index (χ0n) is 12.4. The Balaban J connectivity index is 1.94. The maximum atomic E-state index is 12.2. The molecule has 2 aliphatic rings. The molecule has 0 aliphatic carbocycles. The molecule has 114 valence electrons. The minimum Gasteiger partial charge on any atom is -0.444 e. The number of nitrogens with zero attached hydrogens (tertiary/aromatic N) is 2. The highest BCUT2D eigenvalue weighted by molar-refractivity contribution is 9.09. The highest BCUT2D eigenvalue weighted by Gasteiger charge is 2.36. The maximum Gasteiger partial charge on any atom is 0.410 e. The van der Waals surface area contributed by atoms with Gasteiger partial charge in [0.2, 0.25) is 5.91 Å². The van der Waals surface area contributed by atoms with Gasteiger partial charge in [-0.3, -0.25) is 4.79 Å². The molecule has 2 aliphatic heterocycles. The lowest BCUT2D eigenvalue weighted by molar-refractivity contribution is -0.128. The molecule has 0 saturated carbocycles. The SMILES string of the molecule is CC(C)(C)OC(=O)N1CCC[C@@H]1CN1CC(Br)CC1=O. The molecule has 0 aromatic carbocycles. The second kappa shape index (κ2) is 5.92. The van der Waals surface area contributed by atoms with Gasteiger partial charge in [-0.25, -0.2) is 4.79 Å². The summed E-state index contributed by atoms with van der Waals surface area (Å²) in [7, 11) is 0. The number of rotatable bonds is 2. The van der Waals surface area contributed by atoms with E-state index in [0.717, 1.165) is 25.9 Å². The number of likely N-dealkylation sites (tertiary alicyclic amines) is 2. The van der Waals surface area contributed by atoms with E-state index >= 15 is 0 Å². The van der Waals surface area contributed by atoms with Gasteiger partial charge in [0.05, 0.1) is 6.04 Å². The molecule has 0 N–H and O–H groups in total. The summed E-state index contributed by atoms with van der Waals surface area (Å²) in [6.45, 7) is 7.69. The van der Waals surface area contributed by atoms with Crippen LogP contribution in [0.2, 0.25) is 0 Å². The molecule has 2 saturated heterocycles. The summed E-state index contributed by atoms with van der Waals surface area (Å²) in [5.74, 6) is 0.169. The van der Waals surface area contributed by atoms with Gasteiger partial charge in [0, 0.05) is 30.9 Å². The molecule has 5 nitrogen and oxygen atoms in total. The van der Waals surface area contributed by atoms with Gasteiger partial charge in [-0.2, -0.15) is 0 Å². The number of ether oxygens (including phenoxy) is 1. The van der Waals surface area contributed by atoms with Crippen molar-refractivity contribution < 1.29 is 14.3 Å². The first kappa shape index (κ1) is 15.6. The number of amides is 2. The van der Waals surface area contributed by atoms with Gasteiger partial charge in [0.25, 0.3) is 0 Å². The van der Waals surface area contributed by atoms with Crippen LogP contribution in [0.15, 0.2) is 0 Å². The van der Waals surface area contributed by atoms with E-state index in [1.807, 2.05) is 25.7 Å². The van der Waals surface area contributed by atoms with Crippen LogP contribution in [0, 0.1) is 0 Å². The van der Waals surface area contributed by atoms with Crippen molar-refractivity contribution in [2.24, 2.45) is 0 Å². The molecule has 0 radical (unpaired) electrons. The Kier molecular flexibility index (Phi) is 4.62. The molecule has 0 aromatic rings. The molecule has 2 atom stereocenters. The molecule has 0 bridgehead atoms. The summed E-state index contributed by atoms with van der Waals surface area (Å²) in [5.41, 5.74) is -0.478. The molecule has 2 rings (SSSR count). The third-order valence-electron chi connectivity index (χ3n) is 3.60. The molecule has 0 spiro atoms. The van der Waals surface area contributed by atoms with Crippen LogP contribution in [0.25, 0.3) is 0 Å². The molecular weight excluding hydrogens is 324 g/mol. The fourth-order valence-electron chi connectivity index (χ4n) is 2.74. The average Bonchev–Trinajstić information content (AvgIpc) is 2.84. The Morgan fingerprint density at radius 1 is 1.45 bits per heavy atom. The van der Waals surface area contributed by atoms with E-state index in [1.54, 1.807) is 4.90 Å². The van der Waals surface area contributed by atoms with Gasteiger partial charge >= 0.3 is 6.09 Å². The summed E-state index contributed by atoms with van der Waals surface area (Å²) >= 11 is 3.48. The van der Waals surface area contributed by atoms with Crippen molar-refractivity contribution in [3.05, 3.63) is 0 Å². The largest absolute Gasteiger partial charge is 0.444 e. The van der Waals surface area contributed by atoms with Crippen LogP contribution in [0.1, 0.15) is 40.0 Å². The van der Waals surface area contributed by atoms with Crippen molar-refractivity contribution >= 4 is 27.9 Å². The van der Waals surface area contributed by atoms with Crippen molar-refractivity contribution in [2.45, 2.75) is 56.5 Å². The standard InChI is InChI=1S/C14H23BrN2O3/c1-14(2,3)20-13(19)17-6-4-5-11(17)9-16-8-10(15)7-12(16)18/h10-11H,4-9H2,1-3H3/t10?,11-/m1/s1. The van der Waals surface area contributed by atoms with Crippen LogP contribution in [0.4, 0.5) is 4.79 Å². The Hall–Kier alpha value is -0.780. The maximum absolute atomic E-state index is 12.2. The minimum atomic E-state index is -0.478. The van der Waals surface area contributed by atoms with Gasteiger partial charge in [-0.15, -0.1) is 0 Å². The smallest absolute Gasteiger partial charge is 0.410 e. The molecule has 0 aromatic heterocycles. The normalized spacial score (nSPS) is 27.3. The molecule has 2 amide bonds. The summed E-state index contributed by atoms with van der Waals surface area (Å²) < 4.78 is 5.44. The van der Waals surface area contributed by atoms with Gasteiger partial charge in [0.15, 0.2) is 0 Å². The van der Waals surface area contributed by atoms with Crippen molar-refractivity contribution in [2.75, 3.05) is 19.6 Å². The van der Waals surface area contributed by atoms with E-state index in [2.05, 4.69) is 15.9 Å². The van der Waals surface area contributed by atoms with E-state index in [4.69, 9.17) is 4.74 Å². The van der Waals surface area contributed by atoms with Crippen LogP contribution in [0.5, 0.6) is 0 Å². The Bertz CT molecular complexity index is 394. The summed E-state index contributed by atoms with van der Waals surface area (Å²) in [5, 5.41) is 0. The molecule has 1 unspecified atom stereocenters. The second-order valence-electron chi connectivity index (χ2n) is 6.57. The molecule has 20 heavy (non-hydrogen) atoms. The topological polar surface area (TPSA) is 49.9 Å². The van der Waals surface area contributed by atoms with Crippen molar-refractivity contribution in [3.63, 3.8) is 0 Å². The number of hydrogen-bond acceptors (Lipinski definition) is 3. The number of carbonyl (C=O) groups is 2. The number of hydrogen-bond donors (Lipinski definition) is 0. The monoisotopic (exact) mass is 346 g/mol. The zero-order valence-corrected chi connectivity index (χ0v) is 14.0. The lowest BCUT2D eigenvalue weighted by Gasteiger charge is -2.30. The molecule has 2 heterocycles. The summed E-state index contributed by atoms with van der Waals surface area (Å²) in [6.07, 6.45) is 2.21. The van der Waals surface area contributed by atoms with Crippen LogP contribution >= 0.6 is 15.9 Å². The van der Waals surface area contributed by atoms with Crippen LogP contribution in [-0.2, 0) is 9.53 Å². The highest BCUT2D eigenvalue weighted by Crippen LogP contribution is 2.24. The molecule has 2 fully saturated rings. The van der Waals surface area contributed by atoms with Crippen molar-refractivity contribution in [1.29, 1.82) is 0 Å². The van der Waals surface area contributed by atoms with Crippen molar-refractivity contribution in [1.82, 2.24) is 9.80 Å². The molecule has 6 heteroatoms. The second-order valence-corrected chi connectivity index (χ2v) is 7.86. The number of carbonyl (C=O) groups excluding carboxylic acids is 2. The highest BCUT2D eigenvalue weighted by atomic mass is 79.9. The quantitative estimate of drug-likeness (QED) is 0.721. The van der Waals surface area contributed by atoms with Crippen molar-refractivity contribution in [3.8, 4) is 0 Å². The van der Waals surface area contributed by atoms with Crippen LogP contribution < -0.4 is 0 Å². The Morgan fingerprint density at radius 2 is 2.15 bits per heavy atom. The van der Waals surface area contributed by atoms with Crippen LogP contribution in [-0.4, -0.2) is 57.9 Å². The molecular formula is C14H23BrN2O3. The van der Waals surface area contributed by atoms with Gasteiger partial charge in [-0.05, 0) is 33.6 Å². The van der Waals surface area contributed by atoms with E-state index in [1.165, 1.54) is 0 Å². The van der Waals surface area contributed by atoms with Crippen LogP contribution in [0.3, 0.4) is 0 Å². The lowest BCUT2D eigenvalue weighted by atomic mass is 10.2. The fourth-order valence-corrected chi connectivity index (χ4v) is 3.37.